The molecule has 6 nitrogen and oxygen atoms in total. The molecule has 0 spiro atoms. The number of aromatic nitrogens is 2. The van der Waals surface area contributed by atoms with Crippen LogP contribution in [0.15, 0.2) is 60.0 Å². The Morgan fingerprint density at radius 3 is 2.33 bits per heavy atom. The van der Waals surface area contributed by atoms with E-state index in [1.807, 2.05) is 63.2 Å². The number of amides is 2. The summed E-state index contributed by atoms with van der Waals surface area (Å²) in [5, 5.41) is 9.12. The summed E-state index contributed by atoms with van der Waals surface area (Å²) in [6, 6.07) is 15.6. The molecule has 3 rings (SSSR count). The van der Waals surface area contributed by atoms with Gasteiger partial charge in [-0.2, -0.15) is 0 Å². The summed E-state index contributed by atoms with van der Waals surface area (Å²) in [5.74, 6) is -0.629. The van der Waals surface area contributed by atoms with Crippen molar-refractivity contribution in [2.75, 3.05) is 0 Å². The first kappa shape index (κ1) is 21.9. The van der Waals surface area contributed by atoms with Crippen LogP contribution in [0.1, 0.15) is 48.4 Å². The highest BCUT2D eigenvalue weighted by Crippen LogP contribution is 2.27. The minimum atomic E-state index is -0.838. The van der Waals surface area contributed by atoms with Gasteiger partial charge in [0.2, 0.25) is 5.91 Å². The van der Waals surface area contributed by atoms with Gasteiger partial charge in [0.25, 0.3) is 5.91 Å². The van der Waals surface area contributed by atoms with Gasteiger partial charge >= 0.3 is 0 Å². The Hall–Kier alpha value is -2.77. The van der Waals surface area contributed by atoms with Gasteiger partial charge in [0.15, 0.2) is 5.69 Å². The predicted octanol–water partition coefficient (Wildman–Crippen LogP) is 4.49. The topological polar surface area (TPSA) is 75.2 Å². The van der Waals surface area contributed by atoms with E-state index >= 15 is 0 Å². The van der Waals surface area contributed by atoms with Crippen LogP contribution in [-0.4, -0.2) is 31.8 Å². The van der Waals surface area contributed by atoms with Crippen LogP contribution in [-0.2, 0) is 11.3 Å². The van der Waals surface area contributed by atoms with Crippen LogP contribution in [0.25, 0.3) is 0 Å². The van der Waals surface area contributed by atoms with Gasteiger partial charge in [0, 0.05) is 22.5 Å². The molecule has 0 aliphatic carbocycles. The molecule has 30 heavy (non-hydrogen) atoms. The van der Waals surface area contributed by atoms with E-state index in [1.54, 1.807) is 17.5 Å². The second-order valence-corrected chi connectivity index (χ2v) is 8.95. The molecule has 1 heterocycles. The van der Waals surface area contributed by atoms with Crippen LogP contribution in [0, 0.1) is 0 Å². The maximum atomic E-state index is 13.4. The Labute approximate surface area is 185 Å². The Kier molecular flexibility index (Phi) is 6.84. The summed E-state index contributed by atoms with van der Waals surface area (Å²) in [6.07, 6.45) is 0. The molecular formula is C22H23ClN4O2S. The predicted molar refractivity (Wildman–Crippen MR) is 118 cm³/mol. The third-order valence-corrected chi connectivity index (χ3v) is 5.04. The summed E-state index contributed by atoms with van der Waals surface area (Å²) in [7, 11) is 0. The van der Waals surface area contributed by atoms with E-state index in [9.17, 15) is 9.59 Å². The monoisotopic (exact) mass is 442 g/mol. The Balaban J connectivity index is 2.06. The van der Waals surface area contributed by atoms with Gasteiger partial charge in [-0.05, 0) is 55.6 Å². The lowest BCUT2D eigenvalue weighted by Gasteiger charge is -2.33. The van der Waals surface area contributed by atoms with Crippen molar-refractivity contribution >= 4 is 34.9 Å². The number of carbonyl (C=O) groups excluding carboxylic acids is 2. The van der Waals surface area contributed by atoms with E-state index in [-0.39, 0.29) is 24.1 Å². The molecule has 0 bridgehead atoms. The Morgan fingerprint density at radius 1 is 1.10 bits per heavy atom. The van der Waals surface area contributed by atoms with Crippen LogP contribution in [0.4, 0.5) is 0 Å². The fraction of sp³-hybridized carbons (Fsp3) is 0.273. The largest absolute Gasteiger partial charge is 0.349 e. The van der Waals surface area contributed by atoms with Crippen molar-refractivity contribution in [3.63, 3.8) is 0 Å². The van der Waals surface area contributed by atoms with Crippen molar-refractivity contribution in [3.05, 3.63) is 81.8 Å². The van der Waals surface area contributed by atoms with Gasteiger partial charge in [-0.1, -0.05) is 58.6 Å². The Morgan fingerprint density at radius 2 is 1.77 bits per heavy atom. The van der Waals surface area contributed by atoms with Crippen LogP contribution in [0.3, 0.4) is 0 Å². The number of carbonyl (C=O) groups is 2. The lowest BCUT2D eigenvalue weighted by molar-refractivity contribution is -0.127. The molecule has 1 aromatic heterocycles. The summed E-state index contributed by atoms with van der Waals surface area (Å²) in [6.45, 7) is 5.93. The Bertz CT molecular complexity index is 986. The highest BCUT2D eigenvalue weighted by Gasteiger charge is 2.34. The van der Waals surface area contributed by atoms with Gasteiger partial charge in [-0.15, -0.1) is 5.10 Å². The van der Waals surface area contributed by atoms with Gasteiger partial charge < -0.3 is 10.2 Å². The minimum Gasteiger partial charge on any atom is -0.349 e. The number of nitrogens with zero attached hydrogens (tertiary/aromatic N) is 3. The van der Waals surface area contributed by atoms with Crippen molar-refractivity contribution in [1.29, 1.82) is 0 Å². The number of benzene rings is 2. The molecule has 0 radical (unpaired) electrons. The van der Waals surface area contributed by atoms with Crippen LogP contribution in [0.5, 0.6) is 0 Å². The molecular weight excluding hydrogens is 420 g/mol. The van der Waals surface area contributed by atoms with Gasteiger partial charge in [0.05, 0.1) is 0 Å². The third kappa shape index (κ3) is 5.64. The van der Waals surface area contributed by atoms with Crippen molar-refractivity contribution in [3.8, 4) is 0 Å². The normalized spacial score (nSPS) is 12.3. The first-order chi connectivity index (χ1) is 14.2. The number of hydrogen-bond acceptors (Lipinski definition) is 5. The summed E-state index contributed by atoms with van der Waals surface area (Å²) >= 11 is 7.10. The third-order valence-electron chi connectivity index (χ3n) is 4.28. The SMILES string of the molecule is CC(C)(C)NC(=O)[C@H](c1ccccc1)N(Cc1ccc(Cl)cc1)C(=O)c1csnn1. The van der Waals surface area contributed by atoms with Crippen molar-refractivity contribution in [2.45, 2.75) is 38.9 Å². The second-order valence-electron chi connectivity index (χ2n) is 7.90. The molecule has 0 aliphatic heterocycles. The molecule has 2 amide bonds. The van der Waals surface area contributed by atoms with E-state index < -0.39 is 11.6 Å². The van der Waals surface area contributed by atoms with Crippen LogP contribution >= 0.6 is 23.1 Å². The smallest absolute Gasteiger partial charge is 0.276 e. The lowest BCUT2D eigenvalue weighted by atomic mass is 10.0. The first-order valence-electron chi connectivity index (χ1n) is 9.44. The van der Waals surface area contributed by atoms with E-state index in [2.05, 4.69) is 14.9 Å². The van der Waals surface area contributed by atoms with E-state index in [0.717, 1.165) is 17.1 Å². The van der Waals surface area contributed by atoms with Crippen LogP contribution < -0.4 is 5.32 Å². The lowest BCUT2D eigenvalue weighted by Crippen LogP contribution is -2.49. The van der Waals surface area contributed by atoms with Gasteiger partial charge in [-0.3, -0.25) is 9.59 Å². The van der Waals surface area contributed by atoms with Crippen molar-refractivity contribution < 1.29 is 9.59 Å². The van der Waals surface area contributed by atoms with E-state index in [1.165, 1.54) is 4.90 Å². The number of rotatable bonds is 6. The van der Waals surface area contributed by atoms with E-state index in [0.29, 0.717) is 10.6 Å². The van der Waals surface area contributed by atoms with Crippen molar-refractivity contribution in [1.82, 2.24) is 19.8 Å². The highest BCUT2D eigenvalue weighted by molar-refractivity contribution is 7.03. The first-order valence-corrected chi connectivity index (χ1v) is 10.7. The zero-order chi connectivity index (χ0) is 21.7. The molecule has 0 saturated heterocycles. The fourth-order valence-electron chi connectivity index (χ4n) is 3.02. The molecule has 2 aromatic carbocycles. The highest BCUT2D eigenvalue weighted by atomic mass is 35.5. The molecule has 0 saturated carbocycles. The fourth-order valence-corrected chi connectivity index (χ4v) is 3.57. The standard InChI is InChI=1S/C22H23ClN4O2S/c1-22(2,3)24-20(28)19(16-7-5-4-6-8-16)27(21(29)18-14-30-26-25-18)13-15-9-11-17(23)12-10-15/h4-12,14,19H,13H2,1-3H3,(H,24,28)/t19-/m0/s1. The van der Waals surface area contributed by atoms with Crippen LogP contribution in [0.2, 0.25) is 5.02 Å². The second kappa shape index (κ2) is 9.36. The number of halogens is 1. The maximum absolute atomic E-state index is 13.4. The average molecular weight is 443 g/mol. The number of nitrogens with one attached hydrogen (secondary N) is 1. The summed E-state index contributed by atoms with van der Waals surface area (Å²) in [5.41, 5.74) is 1.31. The van der Waals surface area contributed by atoms with Crippen molar-refractivity contribution in [2.24, 2.45) is 0 Å². The zero-order valence-corrected chi connectivity index (χ0v) is 18.6. The summed E-state index contributed by atoms with van der Waals surface area (Å²) < 4.78 is 3.81. The zero-order valence-electron chi connectivity index (χ0n) is 17.0. The molecule has 8 heteroatoms. The van der Waals surface area contributed by atoms with Gasteiger partial charge in [-0.25, -0.2) is 0 Å². The van der Waals surface area contributed by atoms with E-state index in [4.69, 9.17) is 11.6 Å². The molecule has 0 fully saturated rings. The van der Waals surface area contributed by atoms with Gasteiger partial charge in [0.1, 0.15) is 6.04 Å². The quantitative estimate of drug-likeness (QED) is 0.610. The molecule has 0 aliphatic rings. The maximum Gasteiger partial charge on any atom is 0.276 e. The molecule has 156 valence electrons. The molecule has 3 aromatic rings. The summed E-state index contributed by atoms with van der Waals surface area (Å²) in [4.78, 5) is 28.3. The number of hydrogen-bond donors (Lipinski definition) is 1. The minimum absolute atomic E-state index is 0.207. The molecule has 0 unspecified atom stereocenters. The average Bonchev–Trinajstić information content (AvgIpc) is 3.23. The molecule has 1 N–H and O–H groups in total. The molecule has 1 atom stereocenters.